The van der Waals surface area contributed by atoms with Gasteiger partial charge in [-0.2, -0.15) is 0 Å². The Morgan fingerprint density at radius 3 is 2.62 bits per heavy atom. The molecule has 0 fully saturated rings. The van der Waals surface area contributed by atoms with E-state index < -0.39 is 0 Å². The second-order valence-electron chi connectivity index (χ2n) is 5.66. The SMILES string of the molecule is O=c1[nH]c2c3ccccc3/c(=C\c3ccccn3)c2n2ccnc12. The van der Waals surface area contributed by atoms with Gasteiger partial charge in [0, 0.05) is 29.2 Å². The van der Waals surface area contributed by atoms with E-state index in [1.165, 1.54) is 0 Å². The van der Waals surface area contributed by atoms with Crippen LogP contribution in [0.1, 0.15) is 5.69 Å². The van der Waals surface area contributed by atoms with Crippen molar-refractivity contribution in [3.05, 3.63) is 82.3 Å². The van der Waals surface area contributed by atoms with Crippen molar-refractivity contribution in [2.45, 2.75) is 0 Å². The molecule has 5 aromatic rings. The van der Waals surface area contributed by atoms with E-state index in [4.69, 9.17) is 0 Å². The minimum absolute atomic E-state index is 0.187. The lowest BCUT2D eigenvalue weighted by molar-refractivity contribution is 1.17. The second-order valence-corrected chi connectivity index (χ2v) is 5.66. The van der Waals surface area contributed by atoms with Crippen LogP contribution in [-0.4, -0.2) is 19.4 Å². The van der Waals surface area contributed by atoms with Gasteiger partial charge < -0.3 is 4.98 Å². The summed E-state index contributed by atoms with van der Waals surface area (Å²) in [5.74, 6) is 0. The Balaban J connectivity index is 2.10. The molecule has 0 radical (unpaired) electrons. The molecule has 2 aromatic carbocycles. The molecule has 0 amide bonds. The third-order valence-electron chi connectivity index (χ3n) is 4.28. The third kappa shape index (κ3) is 1.72. The van der Waals surface area contributed by atoms with Gasteiger partial charge in [0.05, 0.1) is 16.7 Å². The number of nitrogens with zero attached hydrogens (tertiary/aromatic N) is 3. The molecule has 3 heterocycles. The van der Waals surface area contributed by atoms with Crippen LogP contribution < -0.4 is 10.8 Å². The molecule has 24 heavy (non-hydrogen) atoms. The number of H-pyrrole nitrogens is 1. The molecule has 0 unspecified atom stereocenters. The van der Waals surface area contributed by atoms with Crippen LogP contribution in [0.5, 0.6) is 0 Å². The van der Waals surface area contributed by atoms with Gasteiger partial charge in [0.25, 0.3) is 5.56 Å². The lowest BCUT2D eigenvalue weighted by Gasteiger charge is -1.97. The fraction of sp³-hybridized carbons (Fsp3) is 0. The van der Waals surface area contributed by atoms with Gasteiger partial charge in [-0.25, -0.2) is 4.98 Å². The maximum absolute atomic E-state index is 12.3. The molecule has 0 saturated heterocycles. The molecule has 0 aliphatic heterocycles. The molecule has 5 heteroatoms. The van der Waals surface area contributed by atoms with Crippen molar-refractivity contribution in [2.75, 3.05) is 0 Å². The van der Waals surface area contributed by atoms with Gasteiger partial charge in [-0.3, -0.25) is 14.2 Å². The minimum atomic E-state index is -0.187. The number of nitrogens with one attached hydrogen (secondary N) is 1. The molecule has 5 nitrogen and oxygen atoms in total. The van der Waals surface area contributed by atoms with Crippen LogP contribution in [0.4, 0.5) is 0 Å². The van der Waals surface area contributed by atoms with E-state index in [9.17, 15) is 4.79 Å². The summed E-state index contributed by atoms with van der Waals surface area (Å²) in [4.78, 5) is 23.9. The molecule has 0 atom stereocenters. The Hall–Kier alpha value is -3.47. The summed E-state index contributed by atoms with van der Waals surface area (Å²) in [6.45, 7) is 0. The largest absolute Gasteiger partial charge is 0.317 e. The fourth-order valence-corrected chi connectivity index (χ4v) is 3.28. The highest BCUT2D eigenvalue weighted by atomic mass is 16.1. The molecule has 0 saturated carbocycles. The van der Waals surface area contributed by atoms with Crippen LogP contribution >= 0.6 is 0 Å². The second kappa shape index (κ2) is 4.76. The molecular formula is C19H12N4O. The molecule has 0 spiro atoms. The number of hydrogen-bond acceptors (Lipinski definition) is 3. The van der Waals surface area contributed by atoms with Crippen LogP contribution in [0.2, 0.25) is 0 Å². The molecule has 1 N–H and O–H groups in total. The maximum atomic E-state index is 12.3. The van der Waals surface area contributed by atoms with Gasteiger partial charge >= 0.3 is 0 Å². The van der Waals surface area contributed by atoms with Gasteiger partial charge in [0.2, 0.25) is 5.65 Å². The zero-order chi connectivity index (χ0) is 16.1. The molecule has 3 aromatic heterocycles. The van der Waals surface area contributed by atoms with Gasteiger partial charge in [-0.15, -0.1) is 0 Å². The van der Waals surface area contributed by atoms with Crippen molar-refractivity contribution >= 4 is 33.5 Å². The van der Waals surface area contributed by atoms with Gasteiger partial charge in [-0.1, -0.05) is 30.3 Å². The number of imidazole rings is 1. The zero-order valence-corrected chi connectivity index (χ0v) is 12.6. The molecule has 0 bridgehead atoms. The van der Waals surface area contributed by atoms with Crippen molar-refractivity contribution in [3.63, 3.8) is 0 Å². The van der Waals surface area contributed by atoms with Crippen molar-refractivity contribution < 1.29 is 0 Å². The highest BCUT2D eigenvalue weighted by molar-refractivity contribution is 6.09. The molecule has 114 valence electrons. The Labute approximate surface area is 135 Å². The quantitative estimate of drug-likeness (QED) is 0.516. The maximum Gasteiger partial charge on any atom is 0.292 e. The summed E-state index contributed by atoms with van der Waals surface area (Å²) in [5.41, 5.74) is 2.84. The third-order valence-corrected chi connectivity index (χ3v) is 4.28. The highest BCUT2D eigenvalue weighted by Gasteiger charge is 2.13. The number of fused-ring (bicyclic) bond motifs is 5. The summed E-state index contributed by atoms with van der Waals surface area (Å²) in [7, 11) is 0. The van der Waals surface area contributed by atoms with Crippen molar-refractivity contribution in [1.82, 2.24) is 19.4 Å². The number of pyridine rings is 1. The Morgan fingerprint density at radius 1 is 0.958 bits per heavy atom. The predicted octanol–water partition coefficient (Wildman–Crippen LogP) is 2.27. The lowest BCUT2D eigenvalue weighted by atomic mass is 10.2. The predicted molar refractivity (Wildman–Crippen MR) is 93.8 cm³/mol. The smallest absolute Gasteiger partial charge is 0.292 e. The number of benzene rings is 1. The van der Waals surface area contributed by atoms with Crippen LogP contribution in [0.15, 0.2) is 65.8 Å². The minimum Gasteiger partial charge on any atom is -0.317 e. The van der Waals surface area contributed by atoms with Gasteiger partial charge in [-0.05, 0) is 23.6 Å². The van der Waals surface area contributed by atoms with E-state index in [1.54, 1.807) is 12.4 Å². The first-order chi connectivity index (χ1) is 11.8. The van der Waals surface area contributed by atoms with E-state index in [0.29, 0.717) is 5.65 Å². The zero-order valence-electron chi connectivity index (χ0n) is 12.6. The highest BCUT2D eigenvalue weighted by Crippen LogP contribution is 2.22. The van der Waals surface area contributed by atoms with E-state index >= 15 is 0 Å². The number of aromatic nitrogens is 4. The number of aromatic amines is 1. The van der Waals surface area contributed by atoms with Crippen molar-refractivity contribution in [3.8, 4) is 0 Å². The molecule has 0 aliphatic carbocycles. The lowest BCUT2D eigenvalue weighted by Crippen LogP contribution is -2.13. The van der Waals surface area contributed by atoms with Gasteiger partial charge in [0.15, 0.2) is 0 Å². The average Bonchev–Trinajstić information content (AvgIpc) is 3.21. The monoisotopic (exact) mass is 312 g/mol. The average molecular weight is 312 g/mol. The van der Waals surface area contributed by atoms with Crippen LogP contribution in [0.3, 0.4) is 0 Å². The first-order valence-corrected chi connectivity index (χ1v) is 7.65. The summed E-state index contributed by atoms with van der Waals surface area (Å²) in [5, 5.41) is 3.12. The van der Waals surface area contributed by atoms with Crippen LogP contribution in [0.25, 0.3) is 33.5 Å². The standard InChI is InChI=1S/C19H12N4O/c24-19-18-21-9-10-23(18)17-15(11-12-5-3-4-8-20-12)13-6-1-2-7-14(13)16(17)22-19/h1-11H,(H,22,24)/b15-11+. The number of hydrogen-bond donors (Lipinski definition) is 1. The topological polar surface area (TPSA) is 63.0 Å². The summed E-state index contributed by atoms with van der Waals surface area (Å²) in [6, 6.07) is 13.9. The molecule has 0 aliphatic rings. The Kier molecular flexibility index (Phi) is 2.58. The Morgan fingerprint density at radius 2 is 1.79 bits per heavy atom. The van der Waals surface area contributed by atoms with E-state index in [0.717, 1.165) is 32.7 Å². The van der Waals surface area contributed by atoms with E-state index in [-0.39, 0.29) is 5.56 Å². The number of rotatable bonds is 1. The van der Waals surface area contributed by atoms with Crippen LogP contribution in [0, 0.1) is 0 Å². The summed E-state index contributed by atoms with van der Waals surface area (Å²) >= 11 is 0. The van der Waals surface area contributed by atoms with Crippen LogP contribution in [-0.2, 0) is 0 Å². The van der Waals surface area contributed by atoms with E-state index in [1.807, 2.05) is 53.1 Å². The van der Waals surface area contributed by atoms with Crippen molar-refractivity contribution in [2.24, 2.45) is 0 Å². The summed E-state index contributed by atoms with van der Waals surface area (Å²) < 4.78 is 1.85. The Bertz CT molecular complexity index is 1320. The van der Waals surface area contributed by atoms with Gasteiger partial charge in [0.1, 0.15) is 0 Å². The first kappa shape index (κ1) is 13.0. The molecule has 5 rings (SSSR count). The van der Waals surface area contributed by atoms with E-state index in [2.05, 4.69) is 21.0 Å². The fourth-order valence-electron chi connectivity index (χ4n) is 3.28. The first-order valence-electron chi connectivity index (χ1n) is 7.65. The normalized spacial score (nSPS) is 12.6. The summed E-state index contributed by atoms with van der Waals surface area (Å²) in [6.07, 6.45) is 7.28. The van der Waals surface area contributed by atoms with Crippen molar-refractivity contribution in [1.29, 1.82) is 0 Å². The molecular weight excluding hydrogens is 300 g/mol.